The molecule has 3 rings (SSSR count). The lowest BCUT2D eigenvalue weighted by Crippen LogP contribution is -2.40. The molecule has 1 fully saturated rings. The summed E-state index contributed by atoms with van der Waals surface area (Å²) < 4.78 is 1.63. The molecule has 0 bridgehead atoms. The largest absolute Gasteiger partial charge is 0.388 e. The number of halogens is 1. The molecule has 6 heteroatoms. The number of carbonyl (C=O) groups is 1. The molecule has 5 nitrogen and oxygen atoms in total. The predicted octanol–water partition coefficient (Wildman–Crippen LogP) is 2.93. The van der Waals surface area contributed by atoms with Crippen molar-refractivity contribution in [3.63, 3.8) is 0 Å². The molecule has 2 aromatic rings. The van der Waals surface area contributed by atoms with E-state index in [1.165, 1.54) is 0 Å². The van der Waals surface area contributed by atoms with Crippen LogP contribution in [-0.4, -0.2) is 32.9 Å². The van der Waals surface area contributed by atoms with E-state index in [2.05, 4.69) is 10.4 Å². The molecule has 1 aliphatic carbocycles. The number of aryl methyl sites for hydroxylation is 1. The van der Waals surface area contributed by atoms with Crippen LogP contribution < -0.4 is 5.32 Å². The van der Waals surface area contributed by atoms with E-state index in [1.54, 1.807) is 11.6 Å². The summed E-state index contributed by atoms with van der Waals surface area (Å²) in [7, 11) is 0. The lowest BCUT2D eigenvalue weighted by atomic mass is 10.0. The monoisotopic (exact) mass is 347 g/mol. The van der Waals surface area contributed by atoms with Gasteiger partial charge in [-0.3, -0.25) is 4.79 Å². The third kappa shape index (κ3) is 3.62. The zero-order valence-electron chi connectivity index (χ0n) is 13.8. The van der Waals surface area contributed by atoms with Gasteiger partial charge in [-0.2, -0.15) is 5.10 Å². The van der Waals surface area contributed by atoms with Crippen molar-refractivity contribution in [3.05, 3.63) is 52.3 Å². The number of aliphatic hydroxyl groups is 1. The van der Waals surface area contributed by atoms with Crippen molar-refractivity contribution in [3.8, 4) is 0 Å². The number of hydrogen-bond acceptors (Lipinski definition) is 3. The molecule has 0 saturated heterocycles. The van der Waals surface area contributed by atoms with Crippen LogP contribution in [0.3, 0.4) is 0 Å². The summed E-state index contributed by atoms with van der Waals surface area (Å²) in [6.45, 7) is 2.54. The lowest BCUT2D eigenvalue weighted by molar-refractivity contribution is 0.0449. The average Bonchev–Trinajstić information content (AvgIpc) is 3.11. The fourth-order valence-corrected chi connectivity index (χ4v) is 3.54. The summed E-state index contributed by atoms with van der Waals surface area (Å²) in [6.07, 6.45) is 3.46. The smallest absolute Gasteiger partial charge is 0.256 e. The van der Waals surface area contributed by atoms with Crippen LogP contribution in [0.5, 0.6) is 0 Å². The maximum absolute atomic E-state index is 12.5. The number of hydrogen-bond donors (Lipinski definition) is 2. The molecule has 1 heterocycles. The zero-order chi connectivity index (χ0) is 17.2. The van der Waals surface area contributed by atoms with Crippen LogP contribution in [0.2, 0.25) is 5.15 Å². The van der Waals surface area contributed by atoms with Gasteiger partial charge in [0.15, 0.2) is 0 Å². The van der Waals surface area contributed by atoms with Crippen LogP contribution in [0, 0.1) is 6.92 Å². The summed E-state index contributed by atoms with van der Waals surface area (Å²) >= 11 is 6.38. The summed E-state index contributed by atoms with van der Waals surface area (Å²) in [5.41, 5.74) is 1.26. The molecule has 128 valence electrons. The van der Waals surface area contributed by atoms with E-state index in [0.717, 1.165) is 31.2 Å². The molecule has 1 amide bonds. The van der Waals surface area contributed by atoms with Gasteiger partial charge in [0.05, 0.1) is 23.4 Å². The Labute approximate surface area is 146 Å². The molecule has 0 spiro atoms. The number of amides is 1. The molecule has 1 aromatic heterocycles. The fraction of sp³-hybridized carbons (Fsp3) is 0.444. The van der Waals surface area contributed by atoms with Gasteiger partial charge in [0.2, 0.25) is 0 Å². The Hall–Kier alpha value is -1.85. The predicted molar refractivity (Wildman–Crippen MR) is 93.3 cm³/mol. The van der Waals surface area contributed by atoms with Crippen LogP contribution >= 0.6 is 11.6 Å². The highest BCUT2D eigenvalue weighted by Gasteiger charge is 2.32. The molecule has 1 aliphatic rings. The van der Waals surface area contributed by atoms with E-state index in [-0.39, 0.29) is 12.5 Å². The first kappa shape index (κ1) is 17.0. The van der Waals surface area contributed by atoms with Crippen molar-refractivity contribution >= 4 is 17.5 Å². The first-order chi connectivity index (χ1) is 11.5. The van der Waals surface area contributed by atoms with Gasteiger partial charge >= 0.3 is 0 Å². The van der Waals surface area contributed by atoms with Crippen molar-refractivity contribution in [1.29, 1.82) is 0 Å². The van der Waals surface area contributed by atoms with Crippen molar-refractivity contribution in [2.75, 3.05) is 6.54 Å². The fourth-order valence-electron chi connectivity index (χ4n) is 3.22. The quantitative estimate of drug-likeness (QED) is 0.873. The van der Waals surface area contributed by atoms with Gasteiger partial charge in [-0.1, -0.05) is 54.8 Å². The maximum Gasteiger partial charge on any atom is 0.256 e. The molecule has 1 saturated carbocycles. The standard InChI is InChI=1S/C18H22ClN3O2/c1-13-15(17(23)20-12-18(24)9-5-6-10-18)16(19)22(21-13)11-14-7-3-2-4-8-14/h2-4,7-8,24H,5-6,9-12H2,1H3,(H,20,23). The molecular weight excluding hydrogens is 326 g/mol. The Kier molecular flexibility index (Phi) is 4.92. The minimum Gasteiger partial charge on any atom is -0.388 e. The van der Waals surface area contributed by atoms with Gasteiger partial charge in [0, 0.05) is 6.54 Å². The molecule has 1 aromatic carbocycles. The zero-order valence-corrected chi connectivity index (χ0v) is 14.5. The van der Waals surface area contributed by atoms with Crippen molar-refractivity contribution < 1.29 is 9.90 Å². The number of rotatable bonds is 5. The van der Waals surface area contributed by atoms with Crippen LogP contribution in [-0.2, 0) is 6.54 Å². The second kappa shape index (κ2) is 6.95. The average molecular weight is 348 g/mol. The minimum atomic E-state index is -0.782. The number of benzene rings is 1. The molecule has 2 N–H and O–H groups in total. The second-order valence-corrected chi connectivity index (χ2v) is 6.87. The van der Waals surface area contributed by atoms with E-state index in [0.29, 0.717) is 23.0 Å². The molecule has 0 unspecified atom stereocenters. The Morgan fingerprint density at radius 2 is 2.00 bits per heavy atom. The Bertz CT molecular complexity index is 721. The van der Waals surface area contributed by atoms with E-state index in [1.807, 2.05) is 30.3 Å². The SMILES string of the molecule is Cc1nn(Cc2ccccc2)c(Cl)c1C(=O)NCC1(O)CCCC1. The van der Waals surface area contributed by atoms with Gasteiger partial charge in [0.25, 0.3) is 5.91 Å². The number of nitrogens with one attached hydrogen (secondary N) is 1. The van der Waals surface area contributed by atoms with Gasteiger partial charge < -0.3 is 10.4 Å². The maximum atomic E-state index is 12.5. The molecule has 0 radical (unpaired) electrons. The van der Waals surface area contributed by atoms with Crippen LogP contribution in [0.25, 0.3) is 0 Å². The van der Waals surface area contributed by atoms with Crippen molar-refractivity contribution in [2.24, 2.45) is 0 Å². The summed E-state index contributed by atoms with van der Waals surface area (Å²) in [6, 6.07) is 9.84. The first-order valence-corrected chi connectivity index (χ1v) is 8.64. The third-order valence-corrected chi connectivity index (χ3v) is 4.96. The lowest BCUT2D eigenvalue weighted by Gasteiger charge is -2.22. The molecule has 0 atom stereocenters. The van der Waals surface area contributed by atoms with E-state index < -0.39 is 5.60 Å². The highest BCUT2D eigenvalue weighted by Crippen LogP contribution is 2.29. The normalized spacial score (nSPS) is 16.3. The number of aromatic nitrogens is 2. The summed E-state index contributed by atoms with van der Waals surface area (Å²) in [4.78, 5) is 12.5. The van der Waals surface area contributed by atoms with Gasteiger partial charge in [-0.05, 0) is 25.3 Å². The number of nitrogens with zero attached hydrogens (tertiary/aromatic N) is 2. The van der Waals surface area contributed by atoms with Crippen molar-refractivity contribution in [1.82, 2.24) is 15.1 Å². The number of carbonyl (C=O) groups excluding carboxylic acids is 1. The third-order valence-electron chi connectivity index (χ3n) is 4.58. The molecule has 0 aliphatic heterocycles. The Morgan fingerprint density at radius 1 is 1.33 bits per heavy atom. The second-order valence-electron chi connectivity index (χ2n) is 6.51. The Balaban J connectivity index is 1.72. The molecular formula is C18H22ClN3O2. The summed E-state index contributed by atoms with van der Waals surface area (Å²) in [5.74, 6) is -0.280. The van der Waals surface area contributed by atoms with E-state index in [4.69, 9.17) is 11.6 Å². The van der Waals surface area contributed by atoms with Crippen LogP contribution in [0.1, 0.15) is 47.3 Å². The highest BCUT2D eigenvalue weighted by atomic mass is 35.5. The van der Waals surface area contributed by atoms with E-state index >= 15 is 0 Å². The highest BCUT2D eigenvalue weighted by molar-refractivity contribution is 6.33. The molecule has 24 heavy (non-hydrogen) atoms. The van der Waals surface area contributed by atoms with E-state index in [9.17, 15) is 9.90 Å². The Morgan fingerprint density at radius 3 is 2.67 bits per heavy atom. The summed E-state index contributed by atoms with van der Waals surface area (Å²) in [5, 5.41) is 17.9. The minimum absolute atomic E-state index is 0.255. The van der Waals surface area contributed by atoms with Crippen LogP contribution in [0.15, 0.2) is 30.3 Å². The van der Waals surface area contributed by atoms with Gasteiger partial charge in [-0.15, -0.1) is 0 Å². The van der Waals surface area contributed by atoms with Gasteiger partial charge in [0.1, 0.15) is 5.15 Å². The van der Waals surface area contributed by atoms with Crippen LogP contribution in [0.4, 0.5) is 0 Å². The first-order valence-electron chi connectivity index (χ1n) is 8.26. The van der Waals surface area contributed by atoms with Crippen molar-refractivity contribution in [2.45, 2.75) is 44.8 Å². The topological polar surface area (TPSA) is 67.2 Å². The van der Waals surface area contributed by atoms with Gasteiger partial charge in [-0.25, -0.2) is 4.68 Å².